The van der Waals surface area contributed by atoms with E-state index in [4.69, 9.17) is 4.74 Å². The van der Waals surface area contributed by atoms with Gasteiger partial charge < -0.3 is 10.1 Å². The number of carbonyl (C=O) groups is 1. The van der Waals surface area contributed by atoms with Crippen molar-refractivity contribution in [3.63, 3.8) is 0 Å². The molecule has 1 amide bonds. The van der Waals surface area contributed by atoms with Gasteiger partial charge in [0.1, 0.15) is 5.75 Å². The van der Waals surface area contributed by atoms with Crippen LogP contribution in [-0.4, -0.2) is 43.1 Å². The van der Waals surface area contributed by atoms with Gasteiger partial charge in [-0.3, -0.25) is 9.69 Å². The summed E-state index contributed by atoms with van der Waals surface area (Å²) in [6.45, 7) is 4.98. The monoisotopic (exact) mass is 352 g/mol. The molecule has 138 valence electrons. The number of amides is 1. The summed E-state index contributed by atoms with van der Waals surface area (Å²) in [5.74, 6) is 0.661. The highest BCUT2D eigenvalue weighted by molar-refractivity contribution is 5.77. The first kappa shape index (κ1) is 18.5. The van der Waals surface area contributed by atoms with Gasteiger partial charge in [0, 0.05) is 12.6 Å². The lowest BCUT2D eigenvalue weighted by atomic mass is 10.0. The molecule has 1 heterocycles. The van der Waals surface area contributed by atoms with Crippen molar-refractivity contribution in [1.29, 1.82) is 0 Å². The Hall–Kier alpha value is -2.33. The van der Waals surface area contributed by atoms with Crippen molar-refractivity contribution < 1.29 is 9.53 Å². The lowest BCUT2D eigenvalue weighted by molar-refractivity contribution is -0.123. The fourth-order valence-electron chi connectivity index (χ4n) is 3.39. The van der Waals surface area contributed by atoms with E-state index in [0.717, 1.165) is 25.3 Å². The van der Waals surface area contributed by atoms with Crippen LogP contribution in [0.3, 0.4) is 0 Å². The van der Waals surface area contributed by atoms with Crippen molar-refractivity contribution in [3.05, 3.63) is 65.7 Å². The van der Waals surface area contributed by atoms with Crippen molar-refractivity contribution in [1.82, 2.24) is 10.2 Å². The summed E-state index contributed by atoms with van der Waals surface area (Å²) in [5, 5.41) is 3.06. The number of aryl methyl sites for hydroxylation is 1. The van der Waals surface area contributed by atoms with Crippen LogP contribution in [0.25, 0.3) is 0 Å². The van der Waals surface area contributed by atoms with Crippen LogP contribution >= 0.6 is 0 Å². The largest absolute Gasteiger partial charge is 0.484 e. The van der Waals surface area contributed by atoms with E-state index in [1.807, 2.05) is 37.3 Å². The first-order valence-electron chi connectivity index (χ1n) is 9.45. The maximum Gasteiger partial charge on any atom is 0.257 e. The van der Waals surface area contributed by atoms with E-state index in [0.29, 0.717) is 12.6 Å². The summed E-state index contributed by atoms with van der Waals surface area (Å²) in [6, 6.07) is 18.6. The Morgan fingerprint density at radius 1 is 1.08 bits per heavy atom. The predicted molar refractivity (Wildman–Crippen MR) is 104 cm³/mol. The summed E-state index contributed by atoms with van der Waals surface area (Å²) >= 11 is 0. The molecule has 0 radical (unpaired) electrons. The molecular formula is C22H28N2O2. The number of carbonyl (C=O) groups excluding carboxylic acids is 1. The van der Waals surface area contributed by atoms with Gasteiger partial charge in [0.15, 0.2) is 6.61 Å². The minimum Gasteiger partial charge on any atom is -0.484 e. The van der Waals surface area contributed by atoms with Gasteiger partial charge in [-0.2, -0.15) is 0 Å². The summed E-state index contributed by atoms with van der Waals surface area (Å²) < 4.78 is 5.57. The molecule has 4 nitrogen and oxygen atoms in total. The Labute approximate surface area is 156 Å². The van der Waals surface area contributed by atoms with Gasteiger partial charge in [0.2, 0.25) is 0 Å². The average Bonchev–Trinajstić information content (AvgIpc) is 3.20. The predicted octanol–water partition coefficient (Wildman–Crippen LogP) is 3.20. The van der Waals surface area contributed by atoms with Crippen molar-refractivity contribution in [3.8, 4) is 5.75 Å². The molecule has 1 saturated heterocycles. The van der Waals surface area contributed by atoms with Crippen molar-refractivity contribution in [2.24, 2.45) is 0 Å². The van der Waals surface area contributed by atoms with Crippen LogP contribution in [0.15, 0.2) is 54.6 Å². The van der Waals surface area contributed by atoms with Gasteiger partial charge >= 0.3 is 0 Å². The van der Waals surface area contributed by atoms with Crippen LogP contribution in [0, 0.1) is 6.92 Å². The Morgan fingerprint density at radius 2 is 1.77 bits per heavy atom. The first-order valence-corrected chi connectivity index (χ1v) is 9.45. The smallest absolute Gasteiger partial charge is 0.257 e. The highest BCUT2D eigenvalue weighted by Gasteiger charge is 2.22. The third-order valence-electron chi connectivity index (χ3n) is 4.90. The average molecular weight is 352 g/mol. The zero-order chi connectivity index (χ0) is 18.2. The topological polar surface area (TPSA) is 41.6 Å². The second kappa shape index (κ2) is 9.39. The van der Waals surface area contributed by atoms with Crippen molar-refractivity contribution >= 4 is 5.91 Å². The molecule has 2 aromatic rings. The van der Waals surface area contributed by atoms with E-state index in [1.54, 1.807) is 0 Å². The van der Waals surface area contributed by atoms with E-state index < -0.39 is 0 Å². The fraction of sp³-hybridized carbons (Fsp3) is 0.409. The maximum absolute atomic E-state index is 12.2. The van der Waals surface area contributed by atoms with Gasteiger partial charge in [-0.1, -0.05) is 48.0 Å². The molecule has 1 atom stereocenters. The zero-order valence-corrected chi connectivity index (χ0v) is 15.5. The van der Waals surface area contributed by atoms with Gasteiger partial charge in [-0.25, -0.2) is 0 Å². The van der Waals surface area contributed by atoms with Crippen LogP contribution in [0.1, 0.15) is 24.0 Å². The number of rotatable bonds is 8. The van der Waals surface area contributed by atoms with E-state index in [1.165, 1.54) is 24.0 Å². The highest BCUT2D eigenvalue weighted by atomic mass is 16.5. The second-order valence-electron chi connectivity index (χ2n) is 6.99. The number of ether oxygens (including phenoxy) is 1. The summed E-state index contributed by atoms with van der Waals surface area (Å²) in [6.07, 6.45) is 3.45. The number of hydrogen-bond acceptors (Lipinski definition) is 3. The number of likely N-dealkylation sites (tertiary alicyclic amines) is 1. The van der Waals surface area contributed by atoms with Crippen molar-refractivity contribution in [2.75, 3.05) is 26.2 Å². The first-order chi connectivity index (χ1) is 12.7. The molecule has 0 aromatic heterocycles. The Kier molecular flexibility index (Phi) is 6.67. The van der Waals surface area contributed by atoms with E-state index >= 15 is 0 Å². The van der Waals surface area contributed by atoms with E-state index in [2.05, 4.69) is 34.5 Å². The Bertz CT molecular complexity index is 679. The molecule has 1 aliphatic rings. The SMILES string of the molecule is Cc1ccc(OCC(=O)NCC(Cc2ccccc2)N2CCCC2)cc1. The lowest BCUT2D eigenvalue weighted by Crippen LogP contribution is -2.45. The maximum atomic E-state index is 12.2. The van der Waals surface area contributed by atoms with E-state index in [-0.39, 0.29) is 12.5 Å². The quantitative estimate of drug-likeness (QED) is 0.793. The molecule has 2 aromatic carbocycles. The Morgan fingerprint density at radius 3 is 2.46 bits per heavy atom. The van der Waals surface area contributed by atoms with Crippen LogP contribution in [0.4, 0.5) is 0 Å². The molecule has 0 aliphatic carbocycles. The molecule has 1 fully saturated rings. The van der Waals surface area contributed by atoms with Gasteiger partial charge in [-0.05, 0) is 57.0 Å². The number of nitrogens with zero attached hydrogens (tertiary/aromatic N) is 1. The molecule has 1 unspecified atom stereocenters. The van der Waals surface area contributed by atoms with Crippen LogP contribution in [0.5, 0.6) is 5.75 Å². The molecule has 3 rings (SSSR count). The summed E-state index contributed by atoms with van der Waals surface area (Å²) in [5.41, 5.74) is 2.49. The number of nitrogens with one attached hydrogen (secondary N) is 1. The number of hydrogen-bond donors (Lipinski definition) is 1. The zero-order valence-electron chi connectivity index (χ0n) is 15.5. The lowest BCUT2D eigenvalue weighted by Gasteiger charge is -2.28. The summed E-state index contributed by atoms with van der Waals surface area (Å²) in [4.78, 5) is 14.7. The standard InChI is InChI=1S/C22H28N2O2/c1-18-9-11-21(12-10-18)26-17-22(25)23-16-20(24-13-5-6-14-24)15-19-7-3-2-4-8-19/h2-4,7-12,20H,5-6,13-17H2,1H3,(H,23,25). The molecular weight excluding hydrogens is 324 g/mol. The molecule has 4 heteroatoms. The molecule has 26 heavy (non-hydrogen) atoms. The molecule has 1 aliphatic heterocycles. The third-order valence-corrected chi connectivity index (χ3v) is 4.90. The van der Waals surface area contributed by atoms with Crippen LogP contribution in [-0.2, 0) is 11.2 Å². The van der Waals surface area contributed by atoms with Crippen LogP contribution in [0.2, 0.25) is 0 Å². The molecule has 0 saturated carbocycles. The van der Waals surface area contributed by atoms with Gasteiger partial charge in [0.05, 0.1) is 0 Å². The highest BCUT2D eigenvalue weighted by Crippen LogP contribution is 2.15. The summed E-state index contributed by atoms with van der Waals surface area (Å²) in [7, 11) is 0. The minimum absolute atomic E-state index is 0.0567. The Balaban J connectivity index is 1.49. The number of benzene rings is 2. The normalized spacial score (nSPS) is 15.6. The van der Waals surface area contributed by atoms with Gasteiger partial charge in [-0.15, -0.1) is 0 Å². The minimum atomic E-state index is -0.0668. The molecule has 0 spiro atoms. The van der Waals surface area contributed by atoms with Crippen LogP contribution < -0.4 is 10.1 Å². The molecule has 0 bridgehead atoms. The second-order valence-corrected chi connectivity index (χ2v) is 6.99. The third kappa shape index (κ3) is 5.60. The van der Waals surface area contributed by atoms with Crippen molar-refractivity contribution in [2.45, 2.75) is 32.2 Å². The van der Waals surface area contributed by atoms with E-state index in [9.17, 15) is 4.79 Å². The van der Waals surface area contributed by atoms with Gasteiger partial charge in [0.25, 0.3) is 5.91 Å². The fourth-order valence-corrected chi connectivity index (χ4v) is 3.39. The molecule has 1 N–H and O–H groups in total.